The number of hydrogen-bond donors (Lipinski definition) is 1. The van der Waals surface area contributed by atoms with Crippen molar-refractivity contribution in [1.29, 1.82) is 0 Å². The van der Waals surface area contributed by atoms with Crippen molar-refractivity contribution < 1.29 is 9.90 Å². The molecule has 3 nitrogen and oxygen atoms in total. The third kappa shape index (κ3) is 3.41. The first-order valence-electron chi connectivity index (χ1n) is 6.19. The van der Waals surface area contributed by atoms with Gasteiger partial charge < -0.3 is 5.11 Å². The highest BCUT2D eigenvalue weighted by Gasteiger charge is 2.11. The van der Waals surface area contributed by atoms with Crippen LogP contribution in [0.4, 0.5) is 0 Å². The fourth-order valence-electron chi connectivity index (χ4n) is 1.96. The molecule has 0 bridgehead atoms. The van der Waals surface area contributed by atoms with E-state index in [1.807, 2.05) is 6.92 Å². The maximum absolute atomic E-state index is 10.7. The Balaban J connectivity index is 2.20. The van der Waals surface area contributed by atoms with E-state index >= 15 is 0 Å². The van der Waals surface area contributed by atoms with Crippen molar-refractivity contribution in [2.24, 2.45) is 0 Å². The number of aryl methyl sites for hydroxylation is 3. The zero-order chi connectivity index (χ0) is 14.0. The molecule has 2 aromatic rings. The molecule has 0 fully saturated rings. The average molecular weight is 275 g/mol. The Morgan fingerprint density at radius 2 is 2.00 bits per heavy atom. The minimum Gasteiger partial charge on any atom is -0.481 e. The maximum Gasteiger partial charge on any atom is 0.310 e. The SMILES string of the molecule is Cc1ccc(Cc2sc(CC(=O)O)nc2C)cc1C. The number of thiazole rings is 1. The summed E-state index contributed by atoms with van der Waals surface area (Å²) in [5.41, 5.74) is 4.76. The first kappa shape index (κ1) is 13.7. The topological polar surface area (TPSA) is 50.2 Å². The molecule has 0 amide bonds. The molecule has 0 saturated heterocycles. The van der Waals surface area contributed by atoms with E-state index in [1.165, 1.54) is 28.0 Å². The minimum absolute atomic E-state index is 0.0123. The van der Waals surface area contributed by atoms with Gasteiger partial charge in [0.1, 0.15) is 5.01 Å². The highest BCUT2D eigenvalue weighted by molar-refractivity contribution is 7.11. The summed E-state index contributed by atoms with van der Waals surface area (Å²) >= 11 is 1.50. The van der Waals surface area contributed by atoms with E-state index in [4.69, 9.17) is 5.11 Å². The third-order valence-electron chi connectivity index (χ3n) is 3.18. The van der Waals surface area contributed by atoms with E-state index < -0.39 is 5.97 Å². The van der Waals surface area contributed by atoms with Crippen molar-refractivity contribution in [3.05, 3.63) is 50.5 Å². The third-order valence-corrected chi connectivity index (χ3v) is 4.33. The van der Waals surface area contributed by atoms with Gasteiger partial charge in [0.15, 0.2) is 0 Å². The number of nitrogens with zero attached hydrogens (tertiary/aromatic N) is 1. The van der Waals surface area contributed by atoms with Crippen LogP contribution in [-0.4, -0.2) is 16.1 Å². The Morgan fingerprint density at radius 1 is 1.26 bits per heavy atom. The number of carboxylic acid groups (broad SMARTS) is 1. The molecule has 4 heteroatoms. The van der Waals surface area contributed by atoms with Gasteiger partial charge in [-0.2, -0.15) is 0 Å². The quantitative estimate of drug-likeness (QED) is 0.931. The second-order valence-electron chi connectivity index (χ2n) is 4.78. The van der Waals surface area contributed by atoms with Gasteiger partial charge in [0.25, 0.3) is 0 Å². The molecular formula is C15H17NO2S. The molecule has 19 heavy (non-hydrogen) atoms. The summed E-state index contributed by atoms with van der Waals surface area (Å²) in [4.78, 5) is 16.2. The van der Waals surface area contributed by atoms with Crippen LogP contribution in [0.3, 0.4) is 0 Å². The van der Waals surface area contributed by atoms with E-state index in [1.54, 1.807) is 0 Å². The number of carbonyl (C=O) groups is 1. The molecule has 0 atom stereocenters. The number of rotatable bonds is 4. The van der Waals surface area contributed by atoms with E-state index in [0.717, 1.165) is 17.0 Å². The van der Waals surface area contributed by atoms with Crippen molar-refractivity contribution >= 4 is 17.3 Å². The van der Waals surface area contributed by atoms with E-state index in [-0.39, 0.29) is 6.42 Å². The van der Waals surface area contributed by atoms with Crippen LogP contribution in [0.2, 0.25) is 0 Å². The van der Waals surface area contributed by atoms with E-state index in [9.17, 15) is 4.79 Å². The van der Waals surface area contributed by atoms with Crippen molar-refractivity contribution in [3.8, 4) is 0 Å². The minimum atomic E-state index is -0.827. The second kappa shape index (κ2) is 5.53. The Kier molecular flexibility index (Phi) is 4.00. The molecule has 0 radical (unpaired) electrons. The van der Waals surface area contributed by atoms with Gasteiger partial charge in [-0.3, -0.25) is 4.79 Å². The maximum atomic E-state index is 10.7. The zero-order valence-electron chi connectivity index (χ0n) is 11.4. The summed E-state index contributed by atoms with van der Waals surface area (Å²) in [6.07, 6.45) is 0.836. The van der Waals surface area contributed by atoms with Crippen LogP contribution in [0.5, 0.6) is 0 Å². The lowest BCUT2D eigenvalue weighted by molar-refractivity contribution is -0.136. The van der Waals surface area contributed by atoms with Crippen LogP contribution in [0.1, 0.15) is 32.3 Å². The molecule has 0 aliphatic carbocycles. The molecule has 1 aromatic heterocycles. The van der Waals surface area contributed by atoms with Crippen LogP contribution in [0.15, 0.2) is 18.2 Å². The molecule has 0 unspecified atom stereocenters. The molecule has 2 rings (SSSR count). The van der Waals surface area contributed by atoms with Crippen molar-refractivity contribution in [2.75, 3.05) is 0 Å². The lowest BCUT2D eigenvalue weighted by Gasteiger charge is -2.04. The average Bonchev–Trinajstić information content (AvgIpc) is 2.63. The molecule has 0 spiro atoms. The summed E-state index contributed by atoms with van der Waals surface area (Å²) in [6.45, 7) is 6.15. The van der Waals surface area contributed by atoms with Gasteiger partial charge in [0.2, 0.25) is 0 Å². The van der Waals surface area contributed by atoms with Crippen LogP contribution < -0.4 is 0 Å². The molecule has 100 valence electrons. The summed E-state index contributed by atoms with van der Waals surface area (Å²) in [7, 11) is 0. The highest BCUT2D eigenvalue weighted by atomic mass is 32.1. The normalized spacial score (nSPS) is 10.7. The van der Waals surface area contributed by atoms with Crippen LogP contribution in [-0.2, 0) is 17.6 Å². The smallest absolute Gasteiger partial charge is 0.310 e. The summed E-state index contributed by atoms with van der Waals surface area (Å²) in [6, 6.07) is 6.43. The van der Waals surface area contributed by atoms with E-state index in [0.29, 0.717) is 5.01 Å². The monoisotopic (exact) mass is 275 g/mol. The van der Waals surface area contributed by atoms with Crippen LogP contribution in [0, 0.1) is 20.8 Å². The predicted octanol–water partition coefficient (Wildman–Crippen LogP) is 3.29. The van der Waals surface area contributed by atoms with Gasteiger partial charge in [-0.05, 0) is 37.5 Å². The predicted molar refractivity (Wildman–Crippen MR) is 76.9 cm³/mol. The molecule has 0 aliphatic heterocycles. The zero-order valence-corrected chi connectivity index (χ0v) is 12.2. The van der Waals surface area contributed by atoms with Gasteiger partial charge in [-0.1, -0.05) is 18.2 Å². The van der Waals surface area contributed by atoms with Crippen molar-refractivity contribution in [3.63, 3.8) is 0 Å². The number of aliphatic carboxylic acids is 1. The molecule has 1 N–H and O–H groups in total. The van der Waals surface area contributed by atoms with Gasteiger partial charge in [-0.25, -0.2) is 4.98 Å². The molecule has 1 aromatic carbocycles. The molecule has 0 saturated carbocycles. The molecular weight excluding hydrogens is 258 g/mol. The Bertz CT molecular complexity index is 617. The summed E-state index contributed by atoms with van der Waals surface area (Å²) in [5.74, 6) is -0.827. The Hall–Kier alpha value is -1.68. The Labute approximate surface area is 116 Å². The van der Waals surface area contributed by atoms with Gasteiger partial charge in [0, 0.05) is 11.3 Å². The lowest BCUT2D eigenvalue weighted by Crippen LogP contribution is -1.98. The van der Waals surface area contributed by atoms with Crippen LogP contribution >= 0.6 is 11.3 Å². The highest BCUT2D eigenvalue weighted by Crippen LogP contribution is 2.23. The number of hydrogen-bond acceptors (Lipinski definition) is 3. The Morgan fingerprint density at radius 3 is 2.63 bits per heavy atom. The van der Waals surface area contributed by atoms with Gasteiger partial charge in [0.05, 0.1) is 12.1 Å². The van der Waals surface area contributed by atoms with Crippen molar-refractivity contribution in [2.45, 2.75) is 33.6 Å². The van der Waals surface area contributed by atoms with Gasteiger partial charge in [-0.15, -0.1) is 11.3 Å². The number of aromatic nitrogens is 1. The van der Waals surface area contributed by atoms with E-state index in [2.05, 4.69) is 37.0 Å². The first-order chi connectivity index (χ1) is 8.95. The summed E-state index contributed by atoms with van der Waals surface area (Å²) in [5, 5.41) is 9.47. The number of benzene rings is 1. The van der Waals surface area contributed by atoms with Crippen LogP contribution in [0.25, 0.3) is 0 Å². The van der Waals surface area contributed by atoms with Gasteiger partial charge >= 0.3 is 5.97 Å². The summed E-state index contributed by atoms with van der Waals surface area (Å²) < 4.78 is 0. The fraction of sp³-hybridized carbons (Fsp3) is 0.333. The number of carboxylic acids is 1. The first-order valence-corrected chi connectivity index (χ1v) is 7.00. The lowest BCUT2D eigenvalue weighted by atomic mass is 10.0. The standard InChI is InChI=1S/C15H17NO2S/c1-9-4-5-12(6-10(9)2)7-13-11(3)16-14(19-13)8-15(17)18/h4-6H,7-8H2,1-3H3,(H,17,18). The fourth-order valence-corrected chi connectivity index (χ4v) is 3.05. The molecule has 1 heterocycles. The molecule has 0 aliphatic rings. The second-order valence-corrected chi connectivity index (χ2v) is 5.95. The largest absolute Gasteiger partial charge is 0.481 e. The van der Waals surface area contributed by atoms with Crippen molar-refractivity contribution in [1.82, 2.24) is 4.98 Å².